The van der Waals surface area contributed by atoms with E-state index >= 15 is 0 Å². The topological polar surface area (TPSA) is 33.1 Å². The fraction of sp³-hybridized carbons (Fsp3) is 0.360. The highest BCUT2D eigenvalue weighted by atomic mass is 32.1. The van der Waals surface area contributed by atoms with Gasteiger partial charge in [0.25, 0.3) is 0 Å². The average molecular weight is 435 g/mol. The van der Waals surface area contributed by atoms with Crippen molar-refractivity contribution in [3.8, 4) is 0 Å². The monoisotopic (exact) mass is 434 g/mol. The third-order valence-electron chi connectivity index (χ3n) is 6.74. The summed E-state index contributed by atoms with van der Waals surface area (Å²) in [5, 5.41) is 3.96. The Morgan fingerprint density at radius 2 is 1.81 bits per heavy atom. The number of rotatable bonds is 4. The van der Waals surface area contributed by atoms with E-state index in [1.165, 1.54) is 48.7 Å². The van der Waals surface area contributed by atoms with Crippen LogP contribution in [0.25, 0.3) is 0 Å². The Morgan fingerprint density at radius 1 is 1.06 bits per heavy atom. The summed E-state index contributed by atoms with van der Waals surface area (Å²) in [5.41, 5.74) is 5.07. The SMILES string of the molecule is Cc1cc([C@H]2[C@@H](c3ccccn3)NC(=S)N2c2ccccc2F)c(C)n1C1CCCC1. The van der Waals surface area contributed by atoms with Crippen molar-refractivity contribution in [1.29, 1.82) is 0 Å². The minimum atomic E-state index is -0.275. The molecule has 3 heterocycles. The first-order valence-corrected chi connectivity index (χ1v) is 11.4. The maximum absolute atomic E-state index is 14.9. The molecule has 0 bridgehead atoms. The van der Waals surface area contributed by atoms with Gasteiger partial charge in [-0.05, 0) is 74.8 Å². The number of anilines is 1. The van der Waals surface area contributed by atoms with E-state index in [4.69, 9.17) is 12.2 Å². The normalized spacial score (nSPS) is 21.6. The molecule has 160 valence electrons. The van der Waals surface area contributed by atoms with E-state index in [9.17, 15) is 4.39 Å². The number of pyridine rings is 1. The molecule has 0 amide bonds. The highest BCUT2D eigenvalue weighted by molar-refractivity contribution is 7.80. The number of aromatic nitrogens is 2. The molecule has 1 aromatic carbocycles. The summed E-state index contributed by atoms with van der Waals surface area (Å²) in [6.07, 6.45) is 6.80. The first kappa shape index (κ1) is 20.2. The summed E-state index contributed by atoms with van der Waals surface area (Å²) in [6.45, 7) is 4.37. The molecule has 0 radical (unpaired) electrons. The van der Waals surface area contributed by atoms with Gasteiger partial charge in [-0.1, -0.05) is 31.0 Å². The molecule has 4 nitrogen and oxygen atoms in total. The first-order chi connectivity index (χ1) is 15.1. The fourth-order valence-electron chi connectivity index (χ4n) is 5.40. The van der Waals surface area contributed by atoms with E-state index in [2.05, 4.69) is 34.8 Å². The molecule has 2 aromatic heterocycles. The lowest BCUT2D eigenvalue weighted by atomic mass is 9.96. The molecule has 2 fully saturated rings. The van der Waals surface area contributed by atoms with Crippen LogP contribution in [-0.2, 0) is 0 Å². The summed E-state index contributed by atoms with van der Waals surface area (Å²) in [7, 11) is 0. The molecule has 0 spiro atoms. The molecule has 1 N–H and O–H groups in total. The number of hydrogen-bond acceptors (Lipinski definition) is 2. The van der Waals surface area contributed by atoms with Crippen LogP contribution in [-0.4, -0.2) is 14.7 Å². The number of nitrogens with one attached hydrogen (secondary N) is 1. The van der Waals surface area contributed by atoms with Crippen molar-refractivity contribution >= 4 is 23.0 Å². The van der Waals surface area contributed by atoms with E-state index in [-0.39, 0.29) is 17.9 Å². The minimum absolute atomic E-state index is 0.161. The quantitative estimate of drug-likeness (QED) is 0.516. The number of benzene rings is 1. The largest absolute Gasteiger partial charge is 0.351 e. The Labute approximate surface area is 188 Å². The molecule has 3 aromatic rings. The van der Waals surface area contributed by atoms with Gasteiger partial charge in [-0.3, -0.25) is 4.98 Å². The Bertz CT molecular complexity index is 1100. The summed E-state index contributed by atoms with van der Waals surface area (Å²) in [6, 6.07) is 15.2. The number of para-hydroxylation sites is 1. The Hall–Kier alpha value is -2.73. The van der Waals surface area contributed by atoms with Crippen molar-refractivity contribution in [1.82, 2.24) is 14.9 Å². The van der Waals surface area contributed by atoms with Gasteiger partial charge in [0.2, 0.25) is 0 Å². The standard InChI is InChI=1S/C25H27FN4S/c1-16-15-19(17(2)29(16)18-9-3-4-10-18)24-23(21-12-7-8-14-27-21)28-25(31)30(24)22-13-6-5-11-20(22)26/h5-8,11-15,18,23-24H,3-4,9-10H2,1-2H3,(H,28,31)/t23-,24+/m1/s1. The number of thiocarbonyl (C=S) groups is 1. The van der Waals surface area contributed by atoms with Gasteiger partial charge in [0.1, 0.15) is 5.82 Å². The second-order valence-electron chi connectivity index (χ2n) is 8.58. The van der Waals surface area contributed by atoms with Crippen LogP contribution in [0.4, 0.5) is 10.1 Å². The zero-order chi connectivity index (χ0) is 21.5. The summed E-state index contributed by atoms with van der Waals surface area (Å²) >= 11 is 5.74. The van der Waals surface area contributed by atoms with Crippen LogP contribution >= 0.6 is 12.2 Å². The van der Waals surface area contributed by atoms with Crippen LogP contribution in [0.15, 0.2) is 54.7 Å². The van der Waals surface area contributed by atoms with Crippen molar-refractivity contribution in [2.45, 2.75) is 57.7 Å². The lowest BCUT2D eigenvalue weighted by Crippen LogP contribution is -2.30. The van der Waals surface area contributed by atoms with Gasteiger partial charge in [0, 0.05) is 23.6 Å². The molecule has 1 saturated carbocycles. The maximum Gasteiger partial charge on any atom is 0.174 e. The predicted molar refractivity (Wildman–Crippen MR) is 126 cm³/mol. The van der Waals surface area contributed by atoms with Crippen LogP contribution in [0.5, 0.6) is 0 Å². The van der Waals surface area contributed by atoms with E-state index in [1.54, 1.807) is 18.3 Å². The summed E-state index contributed by atoms with van der Waals surface area (Å²) in [4.78, 5) is 6.54. The van der Waals surface area contributed by atoms with E-state index < -0.39 is 0 Å². The zero-order valence-corrected chi connectivity index (χ0v) is 18.7. The van der Waals surface area contributed by atoms with E-state index in [1.807, 2.05) is 29.2 Å². The van der Waals surface area contributed by atoms with Crippen molar-refractivity contribution in [3.63, 3.8) is 0 Å². The molecular weight excluding hydrogens is 407 g/mol. The van der Waals surface area contributed by atoms with Gasteiger partial charge >= 0.3 is 0 Å². The maximum atomic E-state index is 14.9. The number of hydrogen-bond donors (Lipinski definition) is 1. The Balaban J connectivity index is 1.66. The third-order valence-corrected chi connectivity index (χ3v) is 7.06. The number of nitrogens with zero attached hydrogens (tertiary/aromatic N) is 3. The third kappa shape index (κ3) is 3.43. The van der Waals surface area contributed by atoms with Gasteiger partial charge in [-0.2, -0.15) is 0 Å². The highest BCUT2D eigenvalue weighted by Crippen LogP contribution is 2.45. The van der Waals surface area contributed by atoms with Crippen molar-refractivity contribution < 1.29 is 4.39 Å². The first-order valence-electron chi connectivity index (χ1n) is 11.0. The smallest absolute Gasteiger partial charge is 0.174 e. The zero-order valence-electron chi connectivity index (χ0n) is 17.9. The van der Waals surface area contributed by atoms with Crippen molar-refractivity contribution in [2.75, 3.05) is 4.90 Å². The van der Waals surface area contributed by atoms with Gasteiger partial charge < -0.3 is 14.8 Å². The van der Waals surface area contributed by atoms with E-state index in [0.29, 0.717) is 16.8 Å². The molecule has 1 aliphatic heterocycles. The predicted octanol–water partition coefficient (Wildman–Crippen LogP) is 5.93. The summed E-state index contributed by atoms with van der Waals surface area (Å²) < 4.78 is 17.4. The highest BCUT2D eigenvalue weighted by Gasteiger charge is 2.43. The molecule has 2 atom stereocenters. The van der Waals surface area contributed by atoms with Crippen LogP contribution in [0.3, 0.4) is 0 Å². The molecule has 2 aliphatic rings. The minimum Gasteiger partial charge on any atom is -0.351 e. The molecule has 6 heteroatoms. The summed E-state index contributed by atoms with van der Waals surface area (Å²) in [5.74, 6) is -0.275. The number of aryl methyl sites for hydroxylation is 1. The van der Waals surface area contributed by atoms with Crippen LogP contribution in [0.2, 0.25) is 0 Å². The molecule has 1 aliphatic carbocycles. The second-order valence-corrected chi connectivity index (χ2v) is 8.97. The molecule has 5 rings (SSSR count). The fourth-order valence-corrected chi connectivity index (χ4v) is 5.74. The van der Waals surface area contributed by atoms with Gasteiger partial charge in [0.05, 0.1) is 23.5 Å². The molecule has 0 unspecified atom stereocenters. The Morgan fingerprint density at radius 3 is 2.52 bits per heavy atom. The lowest BCUT2D eigenvalue weighted by molar-refractivity contribution is 0.494. The van der Waals surface area contributed by atoms with Gasteiger partial charge in [0.15, 0.2) is 5.11 Å². The molecular formula is C25H27FN4S. The van der Waals surface area contributed by atoms with E-state index in [0.717, 1.165) is 5.69 Å². The van der Waals surface area contributed by atoms with Crippen molar-refractivity contribution in [2.24, 2.45) is 0 Å². The number of halogens is 1. The van der Waals surface area contributed by atoms with Gasteiger partial charge in [-0.25, -0.2) is 4.39 Å². The van der Waals surface area contributed by atoms with Crippen molar-refractivity contribution in [3.05, 3.63) is 83.2 Å². The molecule has 1 saturated heterocycles. The van der Waals surface area contributed by atoms with Gasteiger partial charge in [-0.15, -0.1) is 0 Å². The van der Waals surface area contributed by atoms with Crippen LogP contribution in [0, 0.1) is 19.7 Å². The second kappa shape index (κ2) is 8.08. The Kier molecular flexibility index (Phi) is 5.26. The van der Waals surface area contributed by atoms with Crippen LogP contribution in [0.1, 0.15) is 66.5 Å². The van der Waals surface area contributed by atoms with Crippen LogP contribution < -0.4 is 10.2 Å². The lowest BCUT2D eigenvalue weighted by Gasteiger charge is -2.28. The molecule has 31 heavy (non-hydrogen) atoms. The average Bonchev–Trinajstić information content (AvgIpc) is 3.47.